The summed E-state index contributed by atoms with van der Waals surface area (Å²) in [6.45, 7) is 2.44. The third-order valence-corrected chi connectivity index (χ3v) is 5.42. The minimum atomic E-state index is -3.64. The zero-order valence-corrected chi connectivity index (χ0v) is 12.8. The molecular formula is C14H21FN2O3S. The highest BCUT2D eigenvalue weighted by Gasteiger charge is 2.29. The molecule has 21 heavy (non-hydrogen) atoms. The first-order valence-electron chi connectivity index (χ1n) is 7.06. The van der Waals surface area contributed by atoms with Gasteiger partial charge in [-0.3, -0.25) is 0 Å². The van der Waals surface area contributed by atoms with Gasteiger partial charge in [-0.05, 0) is 43.4 Å². The summed E-state index contributed by atoms with van der Waals surface area (Å²) in [6, 6.07) is 5.36. The third-order valence-electron chi connectivity index (χ3n) is 3.75. The van der Waals surface area contributed by atoms with Crippen molar-refractivity contribution in [2.45, 2.75) is 25.8 Å². The van der Waals surface area contributed by atoms with Crippen LogP contribution < -0.4 is 4.72 Å². The Morgan fingerprint density at radius 3 is 2.95 bits per heavy atom. The number of hydrogen-bond acceptors (Lipinski definition) is 3. The lowest BCUT2D eigenvalue weighted by atomic mass is 10.0. The van der Waals surface area contributed by atoms with Crippen LogP contribution in [-0.2, 0) is 10.2 Å². The van der Waals surface area contributed by atoms with Crippen molar-refractivity contribution in [3.05, 3.63) is 35.6 Å². The minimum absolute atomic E-state index is 0.00846. The Hall–Kier alpha value is -1.02. The molecule has 1 fully saturated rings. The van der Waals surface area contributed by atoms with Gasteiger partial charge in [0.05, 0.1) is 0 Å². The second-order valence-corrected chi connectivity index (χ2v) is 7.15. The molecule has 0 saturated carbocycles. The fourth-order valence-electron chi connectivity index (χ4n) is 2.54. The number of rotatable bonds is 5. The number of hydrogen-bond donors (Lipinski definition) is 2. The molecule has 118 valence electrons. The van der Waals surface area contributed by atoms with Gasteiger partial charge in [0.25, 0.3) is 10.2 Å². The Morgan fingerprint density at radius 2 is 2.29 bits per heavy atom. The normalized spacial score (nSPS) is 22.1. The Kier molecular flexibility index (Phi) is 5.32. The van der Waals surface area contributed by atoms with Crippen molar-refractivity contribution < 1.29 is 17.9 Å². The maximum atomic E-state index is 13.2. The van der Waals surface area contributed by atoms with E-state index in [9.17, 15) is 17.9 Å². The van der Waals surface area contributed by atoms with E-state index in [1.165, 1.54) is 16.4 Å². The number of benzene rings is 1. The molecule has 0 aliphatic carbocycles. The van der Waals surface area contributed by atoms with Gasteiger partial charge in [-0.25, -0.2) is 4.39 Å². The first-order valence-corrected chi connectivity index (χ1v) is 8.50. The predicted molar refractivity (Wildman–Crippen MR) is 78.3 cm³/mol. The zero-order valence-electron chi connectivity index (χ0n) is 12.0. The Balaban J connectivity index is 2.06. The fourth-order valence-corrected chi connectivity index (χ4v) is 4.04. The first kappa shape index (κ1) is 16.4. The average Bonchev–Trinajstić information content (AvgIpc) is 2.47. The highest BCUT2D eigenvalue weighted by Crippen LogP contribution is 2.20. The zero-order chi connectivity index (χ0) is 15.5. The fraction of sp³-hybridized carbons (Fsp3) is 0.571. The lowest BCUT2D eigenvalue weighted by Gasteiger charge is -2.31. The summed E-state index contributed by atoms with van der Waals surface area (Å²) < 4.78 is 41.8. The number of piperidine rings is 1. The number of nitrogens with zero attached hydrogens (tertiary/aromatic N) is 1. The van der Waals surface area contributed by atoms with E-state index < -0.39 is 22.1 Å². The van der Waals surface area contributed by atoms with Crippen LogP contribution >= 0.6 is 0 Å². The topological polar surface area (TPSA) is 69.6 Å². The van der Waals surface area contributed by atoms with Gasteiger partial charge in [-0.2, -0.15) is 17.4 Å². The molecule has 0 radical (unpaired) electrons. The standard InChI is InChI=1S/C14H21FN2O3S/c1-11(13-5-2-6-14(15)8-13)16-21(19,20)17-7-3-4-12(9-17)10-18/h2,5-6,8,11-12,16,18H,3-4,7,9-10H2,1H3. The van der Waals surface area contributed by atoms with Crippen molar-refractivity contribution in [1.29, 1.82) is 0 Å². The second-order valence-electron chi connectivity index (χ2n) is 5.45. The van der Waals surface area contributed by atoms with E-state index in [0.717, 1.165) is 12.8 Å². The quantitative estimate of drug-likeness (QED) is 0.863. The molecule has 0 aromatic heterocycles. The van der Waals surface area contributed by atoms with E-state index in [4.69, 9.17) is 0 Å². The monoisotopic (exact) mass is 316 g/mol. The van der Waals surface area contributed by atoms with Crippen LogP contribution in [0, 0.1) is 11.7 Å². The van der Waals surface area contributed by atoms with Crippen molar-refractivity contribution in [2.24, 2.45) is 5.92 Å². The maximum absolute atomic E-state index is 13.2. The van der Waals surface area contributed by atoms with Gasteiger partial charge in [-0.1, -0.05) is 12.1 Å². The van der Waals surface area contributed by atoms with Crippen LogP contribution in [0.1, 0.15) is 31.4 Å². The summed E-state index contributed by atoms with van der Waals surface area (Å²) in [6.07, 6.45) is 1.57. The van der Waals surface area contributed by atoms with E-state index in [0.29, 0.717) is 18.7 Å². The summed E-state index contributed by atoms with van der Waals surface area (Å²) in [4.78, 5) is 0. The molecule has 1 aromatic rings. The van der Waals surface area contributed by atoms with E-state index in [-0.39, 0.29) is 12.5 Å². The van der Waals surface area contributed by atoms with Crippen molar-refractivity contribution >= 4 is 10.2 Å². The van der Waals surface area contributed by atoms with Crippen LogP contribution in [0.3, 0.4) is 0 Å². The molecule has 1 heterocycles. The highest BCUT2D eigenvalue weighted by atomic mass is 32.2. The largest absolute Gasteiger partial charge is 0.396 e. The Bertz CT molecular complexity index is 579. The van der Waals surface area contributed by atoms with Gasteiger partial charge in [0.2, 0.25) is 0 Å². The van der Waals surface area contributed by atoms with E-state index in [2.05, 4.69) is 4.72 Å². The van der Waals surface area contributed by atoms with E-state index >= 15 is 0 Å². The lowest BCUT2D eigenvalue weighted by molar-refractivity contribution is 0.164. The molecule has 2 N–H and O–H groups in total. The van der Waals surface area contributed by atoms with Crippen LogP contribution in [0.2, 0.25) is 0 Å². The van der Waals surface area contributed by atoms with Crippen LogP contribution in [0.25, 0.3) is 0 Å². The molecule has 2 atom stereocenters. The Morgan fingerprint density at radius 1 is 1.52 bits per heavy atom. The summed E-state index contributed by atoms with van der Waals surface area (Å²) in [5.74, 6) is -0.406. The first-order chi connectivity index (χ1) is 9.92. The molecule has 1 aromatic carbocycles. The number of halogens is 1. The smallest absolute Gasteiger partial charge is 0.280 e. The molecule has 2 rings (SSSR count). The Labute approximate surface area is 125 Å². The molecule has 7 heteroatoms. The summed E-state index contributed by atoms with van der Waals surface area (Å²) in [5.41, 5.74) is 0.578. The average molecular weight is 316 g/mol. The third kappa shape index (κ3) is 4.23. The molecule has 1 aliphatic heterocycles. The number of nitrogens with one attached hydrogen (secondary N) is 1. The van der Waals surface area contributed by atoms with Gasteiger partial charge in [0.1, 0.15) is 5.82 Å². The second kappa shape index (κ2) is 6.83. The summed E-state index contributed by atoms with van der Waals surface area (Å²) in [7, 11) is -3.64. The van der Waals surface area contributed by atoms with E-state index in [1.807, 2.05) is 0 Å². The van der Waals surface area contributed by atoms with Crippen molar-refractivity contribution in [3.8, 4) is 0 Å². The van der Waals surface area contributed by atoms with Crippen LogP contribution in [0.5, 0.6) is 0 Å². The summed E-state index contributed by atoms with van der Waals surface area (Å²) >= 11 is 0. The van der Waals surface area contributed by atoms with Crippen LogP contribution in [0.4, 0.5) is 4.39 Å². The number of aliphatic hydroxyl groups is 1. The van der Waals surface area contributed by atoms with Crippen LogP contribution in [-0.4, -0.2) is 37.5 Å². The molecule has 2 unspecified atom stereocenters. The summed E-state index contributed by atoms with van der Waals surface area (Å²) in [5, 5.41) is 9.18. The predicted octanol–water partition coefficient (Wildman–Crippen LogP) is 1.43. The number of aliphatic hydroxyl groups excluding tert-OH is 1. The van der Waals surface area contributed by atoms with Gasteiger partial charge in [0.15, 0.2) is 0 Å². The van der Waals surface area contributed by atoms with Gasteiger partial charge < -0.3 is 5.11 Å². The molecule has 0 spiro atoms. The van der Waals surface area contributed by atoms with Crippen molar-refractivity contribution in [1.82, 2.24) is 9.03 Å². The van der Waals surface area contributed by atoms with Crippen molar-refractivity contribution in [2.75, 3.05) is 19.7 Å². The van der Waals surface area contributed by atoms with Crippen LogP contribution in [0.15, 0.2) is 24.3 Å². The maximum Gasteiger partial charge on any atom is 0.280 e. The molecule has 1 saturated heterocycles. The molecule has 5 nitrogen and oxygen atoms in total. The minimum Gasteiger partial charge on any atom is -0.396 e. The molecule has 1 aliphatic rings. The SMILES string of the molecule is CC(NS(=O)(=O)N1CCCC(CO)C1)c1cccc(F)c1. The van der Waals surface area contributed by atoms with Gasteiger partial charge >= 0.3 is 0 Å². The molecule has 0 amide bonds. The van der Waals surface area contributed by atoms with E-state index in [1.54, 1.807) is 19.1 Å². The van der Waals surface area contributed by atoms with Gasteiger partial charge in [0, 0.05) is 25.7 Å². The van der Waals surface area contributed by atoms with Gasteiger partial charge in [-0.15, -0.1) is 0 Å². The molecule has 0 bridgehead atoms. The lowest BCUT2D eigenvalue weighted by Crippen LogP contribution is -2.47. The van der Waals surface area contributed by atoms with Crippen molar-refractivity contribution in [3.63, 3.8) is 0 Å². The molecular weight excluding hydrogens is 295 g/mol. The highest BCUT2D eigenvalue weighted by molar-refractivity contribution is 7.87.